The molecule has 5 atom stereocenters. The Morgan fingerprint density at radius 3 is 2.43 bits per heavy atom. The molecule has 0 radical (unpaired) electrons. The molecule has 0 heterocycles. The number of benzene rings is 1. The molecule has 1 fully saturated rings. The van der Waals surface area contributed by atoms with Crippen LogP contribution in [0.2, 0.25) is 0 Å². The third-order valence-electron chi connectivity index (χ3n) is 7.91. The Morgan fingerprint density at radius 2 is 1.91 bits per heavy atom. The van der Waals surface area contributed by atoms with Crippen LogP contribution in [0.5, 0.6) is 11.5 Å². The lowest BCUT2D eigenvalue weighted by Crippen LogP contribution is -2.70. The number of hydrogen-bond acceptors (Lipinski definition) is 9. The van der Waals surface area contributed by atoms with Crippen molar-refractivity contribution in [3.8, 4) is 11.5 Å². The van der Waals surface area contributed by atoms with Crippen molar-refractivity contribution < 1.29 is 38.9 Å². The van der Waals surface area contributed by atoms with E-state index in [0.29, 0.717) is 28.0 Å². The number of carbonyl (C=O) groups is 4. The van der Waals surface area contributed by atoms with Crippen molar-refractivity contribution in [1.29, 1.82) is 0 Å². The highest BCUT2D eigenvalue weighted by molar-refractivity contribution is 6.25. The molecule has 1 saturated carbocycles. The zero-order valence-corrected chi connectivity index (χ0v) is 20.4. The van der Waals surface area contributed by atoms with E-state index in [1.54, 1.807) is 25.9 Å². The molecule has 0 saturated heterocycles. The number of amides is 1. The van der Waals surface area contributed by atoms with Crippen molar-refractivity contribution in [3.63, 3.8) is 0 Å². The van der Waals surface area contributed by atoms with Gasteiger partial charge in [0.1, 0.15) is 11.5 Å². The number of Topliss-reactive ketones (excluding diaryl/α,β-unsaturated/α-hetero) is 3. The molecule has 3 aliphatic carbocycles. The van der Waals surface area contributed by atoms with Crippen LogP contribution in [0.25, 0.3) is 0 Å². The number of nitrogens with zero attached hydrogens (tertiary/aromatic N) is 1. The number of ether oxygens (including phenoxy) is 2. The van der Waals surface area contributed by atoms with Crippen LogP contribution in [0.15, 0.2) is 17.2 Å². The average Bonchev–Trinajstić information content (AvgIpc) is 2.78. The maximum absolute atomic E-state index is 13.8. The zero-order chi connectivity index (χ0) is 26.0. The predicted molar refractivity (Wildman–Crippen MR) is 123 cm³/mol. The van der Waals surface area contributed by atoms with Crippen LogP contribution in [0.3, 0.4) is 0 Å². The third-order valence-corrected chi connectivity index (χ3v) is 7.91. The van der Waals surface area contributed by atoms with E-state index >= 15 is 0 Å². The first-order chi connectivity index (χ1) is 16.5. The van der Waals surface area contributed by atoms with Crippen LogP contribution in [-0.2, 0) is 32.1 Å². The summed E-state index contributed by atoms with van der Waals surface area (Å²) in [5.74, 6) is -5.64. The number of phenolic OH excluding ortho intramolecular Hbond substituents is 1. The fourth-order valence-corrected chi connectivity index (χ4v) is 6.60. The summed E-state index contributed by atoms with van der Waals surface area (Å²) in [4.78, 5) is 54.7. The fraction of sp³-hybridized carbons (Fsp3) is 0.520. The maximum atomic E-state index is 13.8. The van der Waals surface area contributed by atoms with Crippen molar-refractivity contribution in [3.05, 3.63) is 33.9 Å². The molecule has 0 bridgehead atoms. The topological polar surface area (TPSA) is 156 Å². The van der Waals surface area contributed by atoms with Crippen LogP contribution in [-0.4, -0.2) is 78.3 Å². The number of hydrogen-bond donors (Lipinski definition) is 3. The van der Waals surface area contributed by atoms with Crippen molar-refractivity contribution >= 4 is 23.3 Å². The molecule has 0 aromatic heterocycles. The Balaban J connectivity index is 2.00. The molecule has 35 heavy (non-hydrogen) atoms. The molecule has 4 N–H and O–H groups in total. The smallest absolute Gasteiger partial charge is 0.235 e. The van der Waals surface area contributed by atoms with Crippen molar-refractivity contribution in [2.45, 2.75) is 38.0 Å². The fourth-order valence-electron chi connectivity index (χ4n) is 6.60. The monoisotopic (exact) mass is 486 g/mol. The number of rotatable bonds is 5. The van der Waals surface area contributed by atoms with Crippen LogP contribution in [0, 0.1) is 17.8 Å². The SMILES string of the molecule is COc1c(CO)cc(O)c2c1CC1CC3C(N(C)C)C(=O)C(C(N)=O)C(=O)C3(OC)C(C)=C1C2=O. The minimum Gasteiger partial charge on any atom is -0.507 e. The van der Waals surface area contributed by atoms with Gasteiger partial charge in [0.15, 0.2) is 28.9 Å². The van der Waals surface area contributed by atoms with Gasteiger partial charge in [-0.1, -0.05) is 0 Å². The Bertz CT molecular complexity index is 1190. The van der Waals surface area contributed by atoms with Gasteiger partial charge in [-0.3, -0.25) is 24.1 Å². The van der Waals surface area contributed by atoms with E-state index in [-0.39, 0.29) is 30.8 Å². The molecule has 1 aromatic rings. The largest absolute Gasteiger partial charge is 0.507 e. The number of methoxy groups -OCH3 is 2. The standard InChI is InChI=1S/C25H30N2O8/c1-10-16-11(6-13-17(20(16)30)15(29)8-12(9-28)22(13)34-4)7-14-19(27(2)3)21(31)18(24(26)33)23(32)25(10,14)35-5/h8,11,14,18-19,28-29H,6-7,9H2,1-5H3,(H2,26,33). The highest BCUT2D eigenvalue weighted by Gasteiger charge is 2.65. The summed E-state index contributed by atoms with van der Waals surface area (Å²) in [5.41, 5.74) is 5.28. The molecule has 1 aromatic carbocycles. The van der Waals surface area contributed by atoms with Crippen LogP contribution >= 0.6 is 0 Å². The Morgan fingerprint density at radius 1 is 1.26 bits per heavy atom. The number of likely N-dealkylation sites (N-methyl/N-ethyl adjacent to an activating group) is 1. The summed E-state index contributed by atoms with van der Waals surface area (Å²) in [6.45, 7) is 1.22. The lowest BCUT2D eigenvalue weighted by atomic mass is 9.54. The Kier molecular flexibility index (Phi) is 6.11. The van der Waals surface area contributed by atoms with Crippen molar-refractivity contribution in [2.75, 3.05) is 28.3 Å². The van der Waals surface area contributed by atoms with E-state index in [1.165, 1.54) is 20.3 Å². The van der Waals surface area contributed by atoms with E-state index in [2.05, 4.69) is 0 Å². The van der Waals surface area contributed by atoms with Gasteiger partial charge in [0, 0.05) is 29.7 Å². The van der Waals surface area contributed by atoms with Crippen LogP contribution < -0.4 is 10.5 Å². The molecule has 4 rings (SSSR count). The number of primary amides is 1. The normalized spacial score (nSPS) is 30.2. The van der Waals surface area contributed by atoms with Gasteiger partial charge in [-0.05, 0) is 51.4 Å². The number of phenols is 1. The molecular formula is C25H30N2O8. The third kappa shape index (κ3) is 3.20. The molecule has 10 heteroatoms. The number of fused-ring (bicyclic) bond motifs is 3. The summed E-state index contributed by atoms with van der Waals surface area (Å²) in [6.07, 6.45) is 0.529. The lowest BCUT2D eigenvalue weighted by Gasteiger charge is -2.54. The minimum atomic E-state index is -1.70. The summed E-state index contributed by atoms with van der Waals surface area (Å²) in [5, 5.41) is 20.4. The van der Waals surface area contributed by atoms with E-state index < -0.39 is 52.7 Å². The van der Waals surface area contributed by atoms with Crippen LogP contribution in [0.1, 0.15) is 34.8 Å². The van der Waals surface area contributed by atoms with Gasteiger partial charge < -0.3 is 25.4 Å². The predicted octanol–water partition coefficient (Wildman–Crippen LogP) is 0.153. The first kappa shape index (κ1) is 25.0. The Labute approximate surface area is 202 Å². The number of aliphatic hydroxyl groups is 1. The van der Waals surface area contributed by atoms with E-state index in [9.17, 15) is 29.4 Å². The van der Waals surface area contributed by atoms with Crippen molar-refractivity contribution in [1.82, 2.24) is 4.90 Å². The zero-order valence-electron chi connectivity index (χ0n) is 20.4. The van der Waals surface area contributed by atoms with Crippen molar-refractivity contribution in [2.24, 2.45) is 23.5 Å². The summed E-state index contributed by atoms with van der Waals surface area (Å²) < 4.78 is 11.3. The van der Waals surface area contributed by atoms with Gasteiger partial charge >= 0.3 is 0 Å². The molecule has 0 spiro atoms. The quantitative estimate of drug-likeness (QED) is 0.493. The molecule has 0 aliphatic heterocycles. The van der Waals surface area contributed by atoms with Gasteiger partial charge in [-0.25, -0.2) is 0 Å². The molecular weight excluding hydrogens is 456 g/mol. The lowest BCUT2D eigenvalue weighted by molar-refractivity contribution is -0.169. The molecule has 3 aliphatic rings. The number of nitrogens with two attached hydrogens (primary N) is 1. The van der Waals surface area contributed by atoms with Gasteiger partial charge in [0.05, 0.1) is 25.3 Å². The summed E-state index contributed by atoms with van der Waals surface area (Å²) >= 11 is 0. The summed E-state index contributed by atoms with van der Waals surface area (Å²) in [7, 11) is 6.11. The van der Waals surface area contributed by atoms with E-state index in [4.69, 9.17) is 15.2 Å². The Hall–Kier alpha value is -3.08. The van der Waals surface area contributed by atoms with Gasteiger partial charge in [0.25, 0.3) is 0 Å². The number of allylic oxidation sites excluding steroid dienone is 1. The second-order valence-electron chi connectivity index (χ2n) is 9.66. The maximum Gasteiger partial charge on any atom is 0.235 e. The minimum absolute atomic E-state index is 0.0456. The van der Waals surface area contributed by atoms with Gasteiger partial charge in [-0.2, -0.15) is 0 Å². The van der Waals surface area contributed by atoms with E-state index in [0.717, 1.165) is 0 Å². The first-order valence-corrected chi connectivity index (χ1v) is 11.3. The second-order valence-corrected chi connectivity index (χ2v) is 9.66. The van der Waals surface area contributed by atoms with Gasteiger partial charge in [0.2, 0.25) is 5.91 Å². The highest BCUT2D eigenvalue weighted by atomic mass is 16.5. The van der Waals surface area contributed by atoms with Gasteiger partial charge in [-0.15, -0.1) is 0 Å². The van der Waals surface area contributed by atoms with E-state index in [1.807, 2.05) is 0 Å². The second kappa shape index (κ2) is 8.54. The number of aliphatic hydroxyl groups excluding tert-OH is 1. The molecule has 10 nitrogen and oxygen atoms in total. The first-order valence-electron chi connectivity index (χ1n) is 11.3. The summed E-state index contributed by atoms with van der Waals surface area (Å²) in [6, 6.07) is 0.441. The average molecular weight is 487 g/mol. The van der Waals surface area contributed by atoms with Crippen LogP contribution in [0.4, 0.5) is 0 Å². The molecule has 188 valence electrons. The number of aromatic hydroxyl groups is 1. The molecule has 5 unspecified atom stereocenters. The number of carbonyl (C=O) groups excluding carboxylic acids is 4. The highest BCUT2D eigenvalue weighted by Crippen LogP contribution is 2.54. The number of ketones is 3. The molecule has 1 amide bonds.